The van der Waals surface area contributed by atoms with E-state index in [9.17, 15) is 27.9 Å². The quantitative estimate of drug-likeness (QED) is 0.388. The van der Waals surface area contributed by atoms with E-state index in [0.29, 0.717) is 25.3 Å². The van der Waals surface area contributed by atoms with Crippen LogP contribution in [-0.4, -0.2) is 78.5 Å². The normalized spacial score (nSPS) is 28.7. The van der Waals surface area contributed by atoms with Crippen LogP contribution >= 0.6 is 0 Å². The zero-order valence-corrected chi connectivity index (χ0v) is 24.9. The zero-order valence-electron chi connectivity index (χ0n) is 24.1. The van der Waals surface area contributed by atoms with Crippen LogP contribution in [0.3, 0.4) is 0 Å². The second-order valence-corrected chi connectivity index (χ2v) is 15.0. The minimum absolute atomic E-state index is 0.0526. The molecule has 1 saturated heterocycles. The van der Waals surface area contributed by atoms with Crippen LogP contribution in [0.4, 0.5) is 0 Å². The Hall–Kier alpha value is -2.46. The third kappa shape index (κ3) is 6.08. The molecule has 222 valence electrons. The van der Waals surface area contributed by atoms with Crippen molar-refractivity contribution in [1.82, 2.24) is 10.2 Å². The highest BCUT2D eigenvalue weighted by atomic mass is 32.2. The predicted octanol–water partition coefficient (Wildman–Crippen LogP) is 2.65. The Labute approximate surface area is 237 Å². The summed E-state index contributed by atoms with van der Waals surface area (Å²) in [6.45, 7) is 8.52. The fourth-order valence-corrected chi connectivity index (χ4v) is 7.78. The van der Waals surface area contributed by atoms with Gasteiger partial charge in [-0.05, 0) is 55.4 Å². The van der Waals surface area contributed by atoms with Gasteiger partial charge in [0.1, 0.15) is 34.1 Å². The van der Waals surface area contributed by atoms with Crippen LogP contribution in [0.15, 0.2) is 30.3 Å². The van der Waals surface area contributed by atoms with Gasteiger partial charge in [-0.15, -0.1) is 0 Å². The zero-order chi connectivity index (χ0) is 29.3. The summed E-state index contributed by atoms with van der Waals surface area (Å²) in [4.78, 5) is 41.5. The van der Waals surface area contributed by atoms with Crippen molar-refractivity contribution < 1.29 is 32.6 Å². The Balaban J connectivity index is 1.46. The second-order valence-electron chi connectivity index (χ2n) is 12.5. The number of ether oxygens (including phenoxy) is 1. The molecule has 0 radical (unpaired) electrons. The molecule has 1 heterocycles. The van der Waals surface area contributed by atoms with E-state index in [4.69, 9.17) is 4.74 Å². The molecule has 40 heavy (non-hydrogen) atoms. The smallest absolute Gasteiger partial charge is 0.329 e. The molecule has 3 aliphatic rings. The van der Waals surface area contributed by atoms with Gasteiger partial charge in [0.05, 0.1) is 5.75 Å². The van der Waals surface area contributed by atoms with Crippen LogP contribution < -0.4 is 5.32 Å². The van der Waals surface area contributed by atoms with Gasteiger partial charge >= 0.3 is 5.97 Å². The maximum absolute atomic E-state index is 13.7. The van der Waals surface area contributed by atoms with Crippen molar-refractivity contribution in [2.24, 2.45) is 16.7 Å². The van der Waals surface area contributed by atoms with E-state index in [0.717, 1.165) is 24.8 Å². The molecule has 0 aromatic heterocycles. The summed E-state index contributed by atoms with van der Waals surface area (Å²) in [7, 11) is -3.42. The number of rotatable bonds is 11. The Bertz CT molecular complexity index is 1200. The number of amides is 2. The van der Waals surface area contributed by atoms with Crippen LogP contribution in [-0.2, 0) is 35.4 Å². The number of nitrogens with zero attached hydrogens (tertiary/aromatic N) is 1. The van der Waals surface area contributed by atoms with Crippen LogP contribution in [0.25, 0.3) is 0 Å². The van der Waals surface area contributed by atoms with Gasteiger partial charge in [-0.25, -0.2) is 13.2 Å². The fourth-order valence-electron chi connectivity index (χ4n) is 6.90. The van der Waals surface area contributed by atoms with E-state index >= 15 is 0 Å². The average molecular weight is 577 g/mol. The van der Waals surface area contributed by atoms with Gasteiger partial charge < -0.3 is 20.1 Å². The van der Waals surface area contributed by atoms with Crippen LogP contribution in [0, 0.1) is 16.7 Å². The molecule has 6 unspecified atom stereocenters. The van der Waals surface area contributed by atoms with Gasteiger partial charge in [-0.2, -0.15) is 0 Å². The third-order valence-electron chi connectivity index (χ3n) is 10.1. The number of sulfone groups is 1. The molecular weight excluding hydrogens is 532 g/mol. The number of benzene rings is 1. The summed E-state index contributed by atoms with van der Waals surface area (Å²) < 4.78 is 30.6. The number of aliphatic hydroxyl groups is 1. The van der Waals surface area contributed by atoms with E-state index < -0.39 is 45.8 Å². The Kier molecular flexibility index (Phi) is 9.00. The van der Waals surface area contributed by atoms with Gasteiger partial charge in [0.25, 0.3) is 0 Å². The highest BCUT2D eigenvalue weighted by Gasteiger charge is 2.63. The maximum Gasteiger partial charge on any atom is 0.329 e. The van der Waals surface area contributed by atoms with Crippen molar-refractivity contribution in [3.8, 4) is 0 Å². The summed E-state index contributed by atoms with van der Waals surface area (Å²) in [6, 6.07) is 7.02. The van der Waals surface area contributed by atoms with Crippen LogP contribution in [0.2, 0.25) is 0 Å². The van der Waals surface area contributed by atoms with Crippen LogP contribution in [0.1, 0.15) is 71.8 Å². The second kappa shape index (κ2) is 11.8. The summed E-state index contributed by atoms with van der Waals surface area (Å²) in [5.41, 5.74) is 0.714. The van der Waals surface area contributed by atoms with E-state index in [1.54, 1.807) is 24.3 Å². The standard InChI is InChI=1S/C30H44N2O7S/c1-5-40(37,38)17-14-22(31-26(34)24(33)18-20-10-7-6-8-11-20)27(35)32-16-9-12-23(32)28(36)39-25-19-21-13-15-30(25,4)29(21,2)3/h6-8,10-11,21-25,33H,5,9,12-19H2,1-4H3,(H,31,34). The monoisotopic (exact) mass is 576 g/mol. The lowest BCUT2D eigenvalue weighted by Crippen LogP contribution is -2.54. The molecule has 1 aromatic rings. The number of hydrogen-bond acceptors (Lipinski definition) is 7. The minimum atomic E-state index is -3.42. The highest BCUT2D eigenvalue weighted by molar-refractivity contribution is 7.91. The molecule has 3 fully saturated rings. The van der Waals surface area contributed by atoms with Crippen LogP contribution in [0.5, 0.6) is 0 Å². The number of carbonyl (C=O) groups excluding carboxylic acids is 3. The van der Waals surface area contributed by atoms with Crippen molar-refractivity contribution in [1.29, 1.82) is 0 Å². The summed E-state index contributed by atoms with van der Waals surface area (Å²) in [6.07, 6.45) is 2.29. The van der Waals surface area contributed by atoms with Gasteiger partial charge in [-0.1, -0.05) is 58.0 Å². The van der Waals surface area contributed by atoms with E-state index in [-0.39, 0.29) is 41.3 Å². The van der Waals surface area contributed by atoms with E-state index in [1.807, 2.05) is 6.07 Å². The summed E-state index contributed by atoms with van der Waals surface area (Å²) in [5, 5.41) is 13.1. The highest BCUT2D eigenvalue weighted by Crippen LogP contribution is 2.66. The number of carbonyl (C=O) groups is 3. The van der Waals surface area contributed by atoms with Crippen molar-refractivity contribution >= 4 is 27.6 Å². The van der Waals surface area contributed by atoms with Crippen molar-refractivity contribution in [3.63, 3.8) is 0 Å². The first-order valence-corrected chi connectivity index (χ1v) is 16.3. The Morgan fingerprint density at radius 1 is 1.15 bits per heavy atom. The largest absolute Gasteiger partial charge is 0.460 e. The molecule has 6 atom stereocenters. The molecule has 2 aliphatic carbocycles. The van der Waals surface area contributed by atoms with E-state index in [1.165, 1.54) is 11.8 Å². The fraction of sp³-hybridized carbons (Fsp3) is 0.700. The first-order valence-electron chi connectivity index (χ1n) is 14.5. The topological polar surface area (TPSA) is 130 Å². The summed E-state index contributed by atoms with van der Waals surface area (Å²) >= 11 is 0. The Morgan fingerprint density at radius 3 is 2.45 bits per heavy atom. The lowest BCUT2D eigenvalue weighted by molar-refractivity contribution is -0.165. The molecule has 0 spiro atoms. The van der Waals surface area contributed by atoms with Gasteiger partial charge in [0.2, 0.25) is 11.8 Å². The predicted molar refractivity (Wildman–Crippen MR) is 151 cm³/mol. The van der Waals surface area contributed by atoms with Gasteiger partial charge in [0, 0.05) is 24.1 Å². The lowest BCUT2D eigenvalue weighted by Gasteiger charge is -2.39. The number of esters is 1. The number of hydrogen-bond donors (Lipinski definition) is 2. The molecule has 10 heteroatoms. The number of likely N-dealkylation sites (tertiary alicyclic amines) is 1. The van der Waals surface area contributed by atoms with Crippen molar-refractivity contribution in [3.05, 3.63) is 35.9 Å². The van der Waals surface area contributed by atoms with Crippen molar-refractivity contribution in [2.45, 2.75) is 96.9 Å². The van der Waals surface area contributed by atoms with Gasteiger partial charge in [-0.3, -0.25) is 9.59 Å². The maximum atomic E-state index is 13.7. The molecule has 2 amide bonds. The number of fused-ring (bicyclic) bond motifs is 2. The number of aliphatic hydroxyl groups excluding tert-OH is 1. The van der Waals surface area contributed by atoms with Gasteiger partial charge in [0.15, 0.2) is 0 Å². The molecule has 1 aromatic carbocycles. The SMILES string of the molecule is CCS(=O)(=O)CCC(NC(=O)C(O)Cc1ccccc1)C(=O)N1CCCC1C(=O)OC1CC2CCC1(C)C2(C)C. The first-order chi connectivity index (χ1) is 18.8. The molecule has 9 nitrogen and oxygen atoms in total. The molecule has 1 aliphatic heterocycles. The number of nitrogens with one attached hydrogen (secondary N) is 1. The minimum Gasteiger partial charge on any atom is -0.460 e. The molecule has 4 rings (SSSR count). The first kappa shape index (κ1) is 30.5. The lowest BCUT2D eigenvalue weighted by atomic mass is 9.70. The summed E-state index contributed by atoms with van der Waals surface area (Å²) in [5.74, 6) is -1.60. The average Bonchev–Trinajstić information content (AvgIpc) is 3.55. The van der Waals surface area contributed by atoms with E-state index in [2.05, 4.69) is 26.1 Å². The van der Waals surface area contributed by atoms with Crippen molar-refractivity contribution in [2.75, 3.05) is 18.1 Å². The molecule has 2 bridgehead atoms. The molecular formula is C30H44N2O7S. The third-order valence-corrected chi connectivity index (χ3v) is 11.9. The Morgan fingerprint density at radius 2 is 1.85 bits per heavy atom. The molecule has 2 N–H and O–H groups in total. The molecule has 2 saturated carbocycles.